The first kappa shape index (κ1) is 15.9. The Balaban J connectivity index is 2.16. The van der Waals surface area contributed by atoms with Gasteiger partial charge < -0.3 is 15.0 Å². The highest BCUT2D eigenvalue weighted by Crippen LogP contribution is 2.37. The van der Waals surface area contributed by atoms with Gasteiger partial charge in [-0.25, -0.2) is 0 Å². The molecule has 1 unspecified atom stereocenters. The lowest BCUT2D eigenvalue weighted by Crippen LogP contribution is -2.43. The van der Waals surface area contributed by atoms with E-state index in [-0.39, 0.29) is 0 Å². The van der Waals surface area contributed by atoms with E-state index in [0.29, 0.717) is 11.5 Å². The van der Waals surface area contributed by atoms with E-state index in [4.69, 9.17) is 4.74 Å². The van der Waals surface area contributed by atoms with E-state index in [0.717, 1.165) is 13.2 Å². The molecule has 0 bridgehead atoms. The summed E-state index contributed by atoms with van der Waals surface area (Å²) in [5.74, 6) is 0. The fourth-order valence-electron chi connectivity index (χ4n) is 2.99. The van der Waals surface area contributed by atoms with E-state index in [1.807, 2.05) is 0 Å². The highest BCUT2D eigenvalue weighted by Gasteiger charge is 2.30. The van der Waals surface area contributed by atoms with Gasteiger partial charge in [-0.1, -0.05) is 26.7 Å². The van der Waals surface area contributed by atoms with Crippen LogP contribution in [-0.2, 0) is 4.74 Å². The van der Waals surface area contributed by atoms with Gasteiger partial charge in [0, 0.05) is 26.2 Å². The van der Waals surface area contributed by atoms with Crippen molar-refractivity contribution in [1.29, 1.82) is 0 Å². The van der Waals surface area contributed by atoms with Crippen LogP contribution in [0.3, 0.4) is 0 Å². The molecule has 0 aromatic carbocycles. The molecule has 1 fully saturated rings. The van der Waals surface area contributed by atoms with Gasteiger partial charge >= 0.3 is 0 Å². The molecule has 0 saturated carbocycles. The predicted molar refractivity (Wildman–Crippen MR) is 78.0 cm³/mol. The lowest BCUT2D eigenvalue weighted by Gasteiger charge is -2.41. The molecule has 0 aromatic heterocycles. The van der Waals surface area contributed by atoms with E-state index < -0.39 is 0 Å². The topological polar surface area (TPSA) is 24.5 Å². The first-order valence-corrected chi connectivity index (χ1v) is 7.60. The second kappa shape index (κ2) is 8.13. The van der Waals surface area contributed by atoms with Gasteiger partial charge in [0.05, 0.1) is 6.61 Å². The molecule has 1 rings (SSSR count). The number of likely N-dealkylation sites (tertiary alicyclic amines) is 1. The average molecular weight is 256 g/mol. The molecule has 3 nitrogen and oxygen atoms in total. The minimum absolute atomic E-state index is 0.463. The van der Waals surface area contributed by atoms with E-state index in [9.17, 15) is 0 Å². The van der Waals surface area contributed by atoms with Crippen molar-refractivity contribution in [3.8, 4) is 0 Å². The van der Waals surface area contributed by atoms with Gasteiger partial charge in [-0.05, 0) is 38.3 Å². The first-order valence-electron chi connectivity index (χ1n) is 7.60. The third-order valence-electron chi connectivity index (χ3n) is 4.75. The van der Waals surface area contributed by atoms with Gasteiger partial charge in [-0.3, -0.25) is 0 Å². The number of methoxy groups -OCH3 is 1. The van der Waals surface area contributed by atoms with Gasteiger partial charge in [-0.2, -0.15) is 0 Å². The van der Waals surface area contributed by atoms with Crippen LogP contribution in [0.5, 0.6) is 0 Å². The molecular formula is C15H32N2O. The normalized spacial score (nSPS) is 22.0. The van der Waals surface area contributed by atoms with Gasteiger partial charge in [0.25, 0.3) is 0 Å². The molecule has 1 saturated heterocycles. The summed E-state index contributed by atoms with van der Waals surface area (Å²) in [5.41, 5.74) is 0.646. The number of hydrogen-bond donors (Lipinski definition) is 1. The Morgan fingerprint density at radius 2 is 1.83 bits per heavy atom. The first-order chi connectivity index (χ1) is 8.65. The maximum atomic E-state index is 5.13. The largest absolute Gasteiger partial charge is 0.383 e. The van der Waals surface area contributed by atoms with Gasteiger partial charge in [0.1, 0.15) is 0 Å². The Bertz CT molecular complexity index is 207. The monoisotopic (exact) mass is 256 g/mol. The Morgan fingerprint density at radius 3 is 2.33 bits per heavy atom. The minimum atomic E-state index is 0.463. The van der Waals surface area contributed by atoms with E-state index in [1.54, 1.807) is 7.11 Å². The summed E-state index contributed by atoms with van der Waals surface area (Å²) in [6, 6.07) is 0.463. The summed E-state index contributed by atoms with van der Waals surface area (Å²) in [6.07, 6.45) is 5.46. The predicted octanol–water partition coefficient (Wildman–Crippen LogP) is 2.51. The van der Waals surface area contributed by atoms with Crippen LogP contribution >= 0.6 is 0 Å². The molecule has 1 aliphatic heterocycles. The van der Waals surface area contributed by atoms with Crippen molar-refractivity contribution in [2.45, 2.75) is 52.5 Å². The van der Waals surface area contributed by atoms with Crippen molar-refractivity contribution in [1.82, 2.24) is 10.2 Å². The quantitative estimate of drug-likeness (QED) is 0.722. The summed E-state index contributed by atoms with van der Waals surface area (Å²) in [6.45, 7) is 12.5. The fraction of sp³-hybridized carbons (Fsp3) is 1.00. The number of hydrogen-bond acceptors (Lipinski definition) is 3. The number of rotatable bonds is 8. The van der Waals surface area contributed by atoms with Crippen molar-refractivity contribution < 1.29 is 4.74 Å². The fourth-order valence-corrected chi connectivity index (χ4v) is 2.99. The Morgan fingerprint density at radius 1 is 1.22 bits per heavy atom. The summed E-state index contributed by atoms with van der Waals surface area (Å²) in [5, 5.41) is 3.51. The highest BCUT2D eigenvalue weighted by atomic mass is 16.5. The van der Waals surface area contributed by atoms with Gasteiger partial charge in [-0.15, -0.1) is 0 Å². The van der Waals surface area contributed by atoms with Crippen LogP contribution in [0.4, 0.5) is 0 Å². The molecule has 1 aliphatic rings. The zero-order valence-corrected chi connectivity index (χ0v) is 12.8. The molecule has 18 heavy (non-hydrogen) atoms. The molecule has 0 amide bonds. The zero-order valence-electron chi connectivity index (χ0n) is 12.8. The lowest BCUT2D eigenvalue weighted by atomic mass is 9.74. The molecule has 108 valence electrons. The summed E-state index contributed by atoms with van der Waals surface area (Å²) in [4.78, 5) is 2.61. The second-order valence-electron chi connectivity index (χ2n) is 5.86. The molecular weight excluding hydrogens is 224 g/mol. The van der Waals surface area contributed by atoms with Crippen LogP contribution in [0.2, 0.25) is 0 Å². The molecule has 1 heterocycles. The molecule has 0 spiro atoms. The van der Waals surface area contributed by atoms with Crippen molar-refractivity contribution in [3.05, 3.63) is 0 Å². The number of ether oxygens (including phenoxy) is 1. The Hall–Kier alpha value is -0.120. The summed E-state index contributed by atoms with van der Waals surface area (Å²) < 4.78 is 5.13. The van der Waals surface area contributed by atoms with Crippen LogP contribution in [0.25, 0.3) is 0 Å². The van der Waals surface area contributed by atoms with Crippen LogP contribution in [-0.4, -0.2) is 50.8 Å². The second-order valence-corrected chi connectivity index (χ2v) is 5.86. The molecule has 0 aromatic rings. The van der Waals surface area contributed by atoms with Crippen LogP contribution in [0, 0.1) is 5.41 Å². The minimum Gasteiger partial charge on any atom is -0.383 e. The highest BCUT2D eigenvalue weighted by molar-refractivity contribution is 4.84. The van der Waals surface area contributed by atoms with Crippen molar-refractivity contribution in [3.63, 3.8) is 0 Å². The third kappa shape index (κ3) is 4.87. The lowest BCUT2D eigenvalue weighted by molar-refractivity contribution is 0.0943. The Labute approximate surface area is 113 Å². The molecule has 1 atom stereocenters. The average Bonchev–Trinajstić information content (AvgIpc) is 2.40. The summed E-state index contributed by atoms with van der Waals surface area (Å²) >= 11 is 0. The molecule has 0 aliphatic carbocycles. The van der Waals surface area contributed by atoms with Gasteiger partial charge in [0.15, 0.2) is 0 Å². The maximum Gasteiger partial charge on any atom is 0.0613 e. The van der Waals surface area contributed by atoms with Crippen molar-refractivity contribution in [2.24, 2.45) is 5.41 Å². The van der Waals surface area contributed by atoms with Crippen LogP contribution < -0.4 is 5.32 Å². The number of piperidine rings is 1. The standard InChI is InChI=1S/C15H32N2O/c1-5-15(6-2)7-10-17(11-8-15)12-9-16-14(3)13-18-4/h14,16H,5-13H2,1-4H3. The van der Waals surface area contributed by atoms with Crippen LogP contribution in [0.1, 0.15) is 46.5 Å². The maximum absolute atomic E-state index is 5.13. The van der Waals surface area contributed by atoms with Crippen molar-refractivity contribution in [2.75, 3.05) is 39.9 Å². The SMILES string of the molecule is CCC1(CC)CCN(CCNC(C)COC)CC1. The van der Waals surface area contributed by atoms with E-state index >= 15 is 0 Å². The molecule has 3 heteroatoms. The van der Waals surface area contributed by atoms with Crippen LogP contribution in [0.15, 0.2) is 0 Å². The molecule has 0 radical (unpaired) electrons. The Kier molecular flexibility index (Phi) is 7.20. The number of nitrogens with zero attached hydrogens (tertiary/aromatic N) is 1. The summed E-state index contributed by atoms with van der Waals surface area (Å²) in [7, 11) is 1.76. The van der Waals surface area contributed by atoms with Gasteiger partial charge in [0.2, 0.25) is 0 Å². The third-order valence-corrected chi connectivity index (χ3v) is 4.75. The van der Waals surface area contributed by atoms with E-state index in [2.05, 4.69) is 31.0 Å². The van der Waals surface area contributed by atoms with E-state index in [1.165, 1.54) is 45.3 Å². The smallest absolute Gasteiger partial charge is 0.0613 e. The zero-order chi connectivity index (χ0) is 13.4. The molecule has 1 N–H and O–H groups in total. The number of nitrogens with one attached hydrogen (secondary N) is 1. The van der Waals surface area contributed by atoms with Crippen molar-refractivity contribution >= 4 is 0 Å².